The molecule has 2 rings (SSSR count). The minimum absolute atomic E-state index is 0.282. The Bertz CT molecular complexity index is 556. The van der Waals surface area contributed by atoms with Crippen molar-refractivity contribution < 1.29 is 9.47 Å². The molecule has 23 heavy (non-hydrogen) atoms. The summed E-state index contributed by atoms with van der Waals surface area (Å²) in [5.41, 5.74) is 2.24. The summed E-state index contributed by atoms with van der Waals surface area (Å²) in [5.74, 6) is 1.76. The van der Waals surface area contributed by atoms with Crippen molar-refractivity contribution in [1.82, 2.24) is 0 Å². The fraction of sp³-hybridized carbons (Fsp3) is 0.368. The molecule has 4 heteroatoms. The molecule has 2 aromatic rings. The van der Waals surface area contributed by atoms with E-state index in [2.05, 4.69) is 26.0 Å². The topological polar surface area (TPSA) is 18.5 Å². The third-order valence-electron chi connectivity index (χ3n) is 3.67. The van der Waals surface area contributed by atoms with Gasteiger partial charge in [-0.15, -0.1) is 11.2 Å². The monoisotopic (exact) mass is 350 g/mol. The predicted molar refractivity (Wildman–Crippen MR) is 100 cm³/mol. The Hall–Kier alpha value is -1.24. The number of unbranched alkanes of at least 4 members (excludes halogenated alkanes) is 1. The average Bonchev–Trinajstić information content (AvgIpc) is 2.55. The van der Waals surface area contributed by atoms with Crippen LogP contribution < -0.4 is 9.47 Å². The lowest BCUT2D eigenvalue weighted by Gasteiger charge is -2.22. The normalized spacial score (nSPS) is 11.3. The van der Waals surface area contributed by atoms with Crippen LogP contribution in [0.4, 0.5) is 0 Å². The smallest absolute Gasteiger partial charge is 0.241 e. The van der Waals surface area contributed by atoms with Crippen LogP contribution in [0.2, 0.25) is 0 Å². The zero-order valence-electron chi connectivity index (χ0n) is 13.7. The molecule has 0 aliphatic carbocycles. The summed E-state index contributed by atoms with van der Waals surface area (Å²) >= 11 is 5.78. The van der Waals surface area contributed by atoms with Crippen LogP contribution in [-0.2, 0) is 0 Å². The molecule has 0 saturated heterocycles. The average molecular weight is 351 g/mol. The van der Waals surface area contributed by atoms with Crippen LogP contribution in [0, 0.1) is 13.8 Å². The highest BCUT2D eigenvalue weighted by molar-refractivity contribution is 7.68. The van der Waals surface area contributed by atoms with Crippen molar-refractivity contribution in [3.63, 3.8) is 0 Å². The summed E-state index contributed by atoms with van der Waals surface area (Å²) in [5, 5.41) is 0. The number of aryl methyl sites for hydroxylation is 2. The van der Waals surface area contributed by atoms with Gasteiger partial charge in [-0.2, -0.15) is 0 Å². The third-order valence-corrected chi connectivity index (χ3v) is 4.77. The molecule has 0 aliphatic heterocycles. The number of benzene rings is 2. The molecule has 124 valence electrons. The number of hydrogen-bond acceptors (Lipinski definition) is 2. The molecule has 0 spiro atoms. The van der Waals surface area contributed by atoms with Crippen LogP contribution in [0.15, 0.2) is 48.5 Å². The van der Waals surface area contributed by atoms with E-state index in [9.17, 15) is 0 Å². The van der Waals surface area contributed by atoms with E-state index in [1.165, 1.54) is 0 Å². The van der Waals surface area contributed by atoms with Crippen molar-refractivity contribution in [2.75, 3.05) is 6.16 Å². The molecule has 0 heterocycles. The molecule has 2 aromatic carbocycles. The van der Waals surface area contributed by atoms with E-state index in [0.717, 1.165) is 48.1 Å². The van der Waals surface area contributed by atoms with Crippen molar-refractivity contribution in [3.8, 4) is 11.5 Å². The van der Waals surface area contributed by atoms with Crippen molar-refractivity contribution >= 4 is 19.2 Å². The molecule has 0 amide bonds. The minimum Gasteiger partial charge on any atom is -0.455 e. The fourth-order valence-electron chi connectivity index (χ4n) is 2.31. The van der Waals surface area contributed by atoms with Crippen molar-refractivity contribution in [2.24, 2.45) is 0 Å². The standard InChI is InChI=1S/C19H24ClO2P/c1-15-9-3-5-11-17(15)21-19(13-7-8-14-23-20)22-18-12-6-4-10-16(18)2/h3-6,9-12,19,23H,7-8,13-14H2,1-2H3. The lowest BCUT2D eigenvalue weighted by Crippen LogP contribution is -2.24. The number of para-hydroxylation sites is 2. The Morgan fingerprint density at radius 1 is 0.870 bits per heavy atom. The van der Waals surface area contributed by atoms with Gasteiger partial charge in [0.05, 0.1) is 0 Å². The second kappa shape index (κ2) is 9.80. The van der Waals surface area contributed by atoms with E-state index in [1.807, 2.05) is 36.4 Å². The second-order valence-corrected chi connectivity index (χ2v) is 7.14. The molecule has 0 aromatic heterocycles. The highest BCUT2D eigenvalue weighted by atomic mass is 35.7. The Labute approximate surface area is 145 Å². The molecule has 2 nitrogen and oxygen atoms in total. The number of ether oxygens (including phenoxy) is 2. The summed E-state index contributed by atoms with van der Waals surface area (Å²) in [4.78, 5) is 0. The molecule has 0 N–H and O–H groups in total. The maximum Gasteiger partial charge on any atom is 0.241 e. The largest absolute Gasteiger partial charge is 0.455 e. The maximum absolute atomic E-state index is 6.13. The Balaban J connectivity index is 2.05. The summed E-state index contributed by atoms with van der Waals surface area (Å²) in [7, 11) is 0.495. The lowest BCUT2D eigenvalue weighted by atomic mass is 10.2. The Morgan fingerprint density at radius 3 is 1.87 bits per heavy atom. The van der Waals surface area contributed by atoms with Gasteiger partial charge in [-0.3, -0.25) is 0 Å². The van der Waals surface area contributed by atoms with E-state index >= 15 is 0 Å². The van der Waals surface area contributed by atoms with Gasteiger partial charge in [0.1, 0.15) is 11.5 Å². The van der Waals surface area contributed by atoms with E-state index in [1.54, 1.807) is 0 Å². The molecule has 1 atom stereocenters. The third kappa shape index (κ3) is 6.05. The van der Waals surface area contributed by atoms with Crippen LogP contribution in [0.3, 0.4) is 0 Å². The van der Waals surface area contributed by atoms with Gasteiger partial charge in [0, 0.05) is 6.42 Å². The Morgan fingerprint density at radius 2 is 1.39 bits per heavy atom. The predicted octanol–water partition coefficient (Wildman–Crippen LogP) is 6.09. The minimum atomic E-state index is -0.282. The van der Waals surface area contributed by atoms with Gasteiger partial charge in [-0.25, -0.2) is 0 Å². The quantitative estimate of drug-likeness (QED) is 0.309. The molecular formula is C19H24ClO2P. The first kappa shape index (κ1) is 18.1. The molecular weight excluding hydrogens is 327 g/mol. The van der Waals surface area contributed by atoms with Crippen LogP contribution >= 0.6 is 19.2 Å². The number of halogens is 1. The van der Waals surface area contributed by atoms with Crippen LogP contribution in [-0.4, -0.2) is 12.5 Å². The summed E-state index contributed by atoms with van der Waals surface area (Å²) in [6.45, 7) is 4.10. The van der Waals surface area contributed by atoms with Gasteiger partial charge in [-0.1, -0.05) is 36.4 Å². The number of hydrogen-bond donors (Lipinski definition) is 0. The Kier molecular flexibility index (Phi) is 7.71. The van der Waals surface area contributed by atoms with Crippen molar-refractivity contribution in [3.05, 3.63) is 59.7 Å². The molecule has 0 radical (unpaired) electrons. The van der Waals surface area contributed by atoms with E-state index in [4.69, 9.17) is 20.7 Å². The molecule has 1 unspecified atom stereocenters. The van der Waals surface area contributed by atoms with E-state index in [-0.39, 0.29) is 6.29 Å². The first-order valence-electron chi connectivity index (χ1n) is 7.99. The van der Waals surface area contributed by atoms with Gasteiger partial charge in [0.2, 0.25) is 6.29 Å². The number of rotatable bonds is 9. The van der Waals surface area contributed by atoms with Crippen LogP contribution in [0.1, 0.15) is 30.4 Å². The summed E-state index contributed by atoms with van der Waals surface area (Å²) < 4.78 is 12.3. The van der Waals surface area contributed by atoms with Crippen molar-refractivity contribution in [1.29, 1.82) is 0 Å². The molecule has 0 saturated carbocycles. The van der Waals surface area contributed by atoms with Crippen LogP contribution in [0.5, 0.6) is 11.5 Å². The van der Waals surface area contributed by atoms with Gasteiger partial charge in [0.25, 0.3) is 0 Å². The van der Waals surface area contributed by atoms with Gasteiger partial charge >= 0.3 is 0 Å². The highest BCUT2D eigenvalue weighted by Gasteiger charge is 2.14. The molecule has 0 bridgehead atoms. The zero-order chi connectivity index (χ0) is 16.5. The second-order valence-electron chi connectivity index (χ2n) is 5.58. The van der Waals surface area contributed by atoms with E-state index in [0.29, 0.717) is 7.93 Å². The maximum atomic E-state index is 6.13. The van der Waals surface area contributed by atoms with Gasteiger partial charge < -0.3 is 9.47 Å². The van der Waals surface area contributed by atoms with Gasteiger partial charge in [0.15, 0.2) is 0 Å². The summed E-state index contributed by atoms with van der Waals surface area (Å²) in [6, 6.07) is 16.1. The highest BCUT2D eigenvalue weighted by Crippen LogP contribution is 2.25. The first-order chi connectivity index (χ1) is 11.2. The zero-order valence-corrected chi connectivity index (χ0v) is 15.5. The fourth-order valence-corrected chi connectivity index (χ4v) is 3.09. The first-order valence-corrected chi connectivity index (χ1v) is 10.2. The molecule has 0 aliphatic rings. The SMILES string of the molecule is Cc1ccccc1OC(CCCCPCl)Oc1ccccc1C. The van der Waals surface area contributed by atoms with E-state index < -0.39 is 0 Å². The van der Waals surface area contributed by atoms with Gasteiger partial charge in [-0.05, 0) is 64.0 Å². The van der Waals surface area contributed by atoms with Crippen molar-refractivity contribution in [2.45, 2.75) is 39.4 Å². The molecule has 0 fully saturated rings. The van der Waals surface area contributed by atoms with Crippen LogP contribution in [0.25, 0.3) is 0 Å². The summed E-state index contributed by atoms with van der Waals surface area (Å²) in [6.07, 6.45) is 3.78. The lowest BCUT2D eigenvalue weighted by molar-refractivity contribution is -0.00304.